The molecule has 2 aromatic rings. The molecular formula is C12H12O3. The summed E-state index contributed by atoms with van der Waals surface area (Å²) in [6, 6.07) is 13.3. The molecule has 0 aliphatic carbocycles. The smallest absolute Gasteiger partial charge is 0.220 e. The van der Waals surface area contributed by atoms with Crippen LogP contribution in [0.25, 0.3) is 10.8 Å². The van der Waals surface area contributed by atoms with Gasteiger partial charge in [0.1, 0.15) is 12.4 Å². The summed E-state index contributed by atoms with van der Waals surface area (Å²) in [7, 11) is 0. The van der Waals surface area contributed by atoms with E-state index in [0.717, 1.165) is 10.8 Å². The average molecular weight is 204 g/mol. The molecule has 3 nitrogen and oxygen atoms in total. The molecule has 3 heteroatoms. The van der Waals surface area contributed by atoms with Gasteiger partial charge in [-0.1, -0.05) is 36.4 Å². The Labute approximate surface area is 87.5 Å². The lowest BCUT2D eigenvalue weighted by molar-refractivity contribution is -0.0539. The minimum absolute atomic E-state index is 0.413. The van der Waals surface area contributed by atoms with Gasteiger partial charge in [0.15, 0.2) is 0 Å². The number of ether oxygens (including phenoxy) is 1. The summed E-state index contributed by atoms with van der Waals surface area (Å²) >= 11 is 0. The van der Waals surface area contributed by atoms with Crippen LogP contribution in [0.4, 0.5) is 0 Å². The number of rotatable bonds is 3. The van der Waals surface area contributed by atoms with Gasteiger partial charge in [0.2, 0.25) is 6.29 Å². The van der Waals surface area contributed by atoms with Crippen molar-refractivity contribution in [2.75, 3.05) is 6.61 Å². The lowest BCUT2D eigenvalue weighted by Crippen LogP contribution is -2.19. The molecule has 2 N–H and O–H groups in total. The molecule has 0 saturated carbocycles. The molecule has 1 atom stereocenters. The van der Waals surface area contributed by atoms with Crippen LogP contribution < -0.4 is 4.74 Å². The van der Waals surface area contributed by atoms with E-state index in [0.29, 0.717) is 5.75 Å². The van der Waals surface area contributed by atoms with Gasteiger partial charge in [-0.3, -0.25) is 0 Å². The second-order valence-corrected chi connectivity index (χ2v) is 3.23. The minimum atomic E-state index is -1.17. The zero-order valence-electron chi connectivity index (χ0n) is 8.13. The van der Waals surface area contributed by atoms with E-state index >= 15 is 0 Å². The van der Waals surface area contributed by atoms with Crippen LogP contribution in [0.15, 0.2) is 42.5 Å². The summed E-state index contributed by atoms with van der Waals surface area (Å²) in [5, 5.41) is 19.9. The number of benzene rings is 2. The predicted octanol–water partition coefficient (Wildman–Crippen LogP) is 1.53. The monoisotopic (exact) mass is 204 g/mol. The molecule has 0 radical (unpaired) electrons. The van der Waals surface area contributed by atoms with E-state index in [2.05, 4.69) is 0 Å². The lowest BCUT2D eigenvalue weighted by Gasteiger charge is -2.12. The van der Waals surface area contributed by atoms with Crippen molar-refractivity contribution in [3.63, 3.8) is 0 Å². The lowest BCUT2D eigenvalue weighted by atomic mass is 10.1. The summed E-state index contributed by atoms with van der Waals surface area (Å²) in [4.78, 5) is 0. The highest BCUT2D eigenvalue weighted by Crippen LogP contribution is 2.25. The molecule has 0 fully saturated rings. The van der Waals surface area contributed by atoms with Crippen LogP contribution in [0.2, 0.25) is 0 Å². The van der Waals surface area contributed by atoms with Crippen molar-refractivity contribution in [1.29, 1.82) is 0 Å². The molecule has 0 amide bonds. The van der Waals surface area contributed by atoms with Gasteiger partial charge >= 0.3 is 0 Å². The van der Waals surface area contributed by atoms with Crippen molar-refractivity contribution in [2.45, 2.75) is 6.29 Å². The Kier molecular flexibility index (Phi) is 2.85. The molecule has 15 heavy (non-hydrogen) atoms. The molecule has 0 aromatic heterocycles. The van der Waals surface area contributed by atoms with Crippen molar-refractivity contribution in [3.8, 4) is 5.75 Å². The Balaban J connectivity index is 2.42. The standard InChI is InChI=1S/C12H12O3/c13-8-12(14)15-11-7-3-5-9-4-1-2-6-10(9)11/h1-7,12-14H,8H2. The van der Waals surface area contributed by atoms with E-state index < -0.39 is 12.9 Å². The first kappa shape index (κ1) is 9.96. The average Bonchev–Trinajstić information content (AvgIpc) is 2.29. The molecule has 0 aliphatic heterocycles. The summed E-state index contributed by atoms with van der Waals surface area (Å²) in [6.45, 7) is -0.413. The highest BCUT2D eigenvalue weighted by Gasteiger charge is 2.06. The van der Waals surface area contributed by atoms with E-state index in [-0.39, 0.29) is 0 Å². The van der Waals surface area contributed by atoms with Gasteiger partial charge in [0, 0.05) is 5.39 Å². The SMILES string of the molecule is OCC(O)Oc1cccc2ccccc12. The number of aliphatic hydroxyl groups excluding tert-OH is 2. The normalized spacial score (nSPS) is 12.7. The molecule has 0 heterocycles. The Morgan fingerprint density at radius 2 is 1.80 bits per heavy atom. The van der Waals surface area contributed by atoms with E-state index in [1.807, 2.05) is 36.4 Å². The molecule has 1 unspecified atom stereocenters. The number of fused-ring (bicyclic) bond motifs is 1. The van der Waals surface area contributed by atoms with Gasteiger partial charge in [-0.15, -0.1) is 0 Å². The van der Waals surface area contributed by atoms with E-state index in [1.165, 1.54) is 0 Å². The summed E-state index contributed by atoms with van der Waals surface area (Å²) < 4.78 is 5.18. The summed E-state index contributed by atoms with van der Waals surface area (Å²) in [6.07, 6.45) is -1.17. The van der Waals surface area contributed by atoms with Gasteiger partial charge in [0.25, 0.3) is 0 Å². The predicted molar refractivity (Wildman–Crippen MR) is 57.7 cm³/mol. The number of hydrogen-bond donors (Lipinski definition) is 2. The zero-order chi connectivity index (χ0) is 10.7. The van der Waals surface area contributed by atoms with Gasteiger partial charge in [-0.05, 0) is 11.5 Å². The maximum atomic E-state index is 9.20. The van der Waals surface area contributed by atoms with Crippen molar-refractivity contribution < 1.29 is 14.9 Å². The Morgan fingerprint density at radius 3 is 2.60 bits per heavy atom. The second-order valence-electron chi connectivity index (χ2n) is 3.23. The highest BCUT2D eigenvalue weighted by molar-refractivity contribution is 5.88. The van der Waals surface area contributed by atoms with Gasteiger partial charge in [0.05, 0.1) is 0 Å². The zero-order valence-corrected chi connectivity index (χ0v) is 8.13. The maximum Gasteiger partial charge on any atom is 0.220 e. The third-order valence-electron chi connectivity index (χ3n) is 2.17. The van der Waals surface area contributed by atoms with Crippen molar-refractivity contribution in [3.05, 3.63) is 42.5 Å². The first-order valence-corrected chi connectivity index (χ1v) is 4.74. The first-order chi connectivity index (χ1) is 7.31. The van der Waals surface area contributed by atoms with Crippen LogP contribution >= 0.6 is 0 Å². The van der Waals surface area contributed by atoms with E-state index in [9.17, 15) is 5.11 Å². The highest BCUT2D eigenvalue weighted by atomic mass is 16.6. The van der Waals surface area contributed by atoms with E-state index in [4.69, 9.17) is 9.84 Å². The van der Waals surface area contributed by atoms with Crippen LogP contribution in [0.1, 0.15) is 0 Å². The summed E-state index contributed by atoms with van der Waals surface area (Å²) in [5.41, 5.74) is 0. The van der Waals surface area contributed by atoms with Crippen LogP contribution in [0, 0.1) is 0 Å². The quantitative estimate of drug-likeness (QED) is 0.745. The third-order valence-corrected chi connectivity index (χ3v) is 2.17. The first-order valence-electron chi connectivity index (χ1n) is 4.74. The molecule has 0 bridgehead atoms. The Bertz CT molecular complexity index is 448. The van der Waals surface area contributed by atoms with Crippen LogP contribution in [0.5, 0.6) is 5.75 Å². The fourth-order valence-corrected chi connectivity index (χ4v) is 1.48. The number of aliphatic hydroxyl groups is 2. The number of hydrogen-bond acceptors (Lipinski definition) is 3. The molecular weight excluding hydrogens is 192 g/mol. The van der Waals surface area contributed by atoms with Crippen LogP contribution in [-0.2, 0) is 0 Å². The fourth-order valence-electron chi connectivity index (χ4n) is 1.48. The molecule has 78 valence electrons. The molecule has 2 aromatic carbocycles. The minimum Gasteiger partial charge on any atom is -0.462 e. The van der Waals surface area contributed by atoms with Crippen LogP contribution in [-0.4, -0.2) is 23.1 Å². The second kappa shape index (κ2) is 4.29. The van der Waals surface area contributed by atoms with Crippen molar-refractivity contribution in [2.24, 2.45) is 0 Å². The summed E-state index contributed by atoms with van der Waals surface area (Å²) in [5.74, 6) is 0.578. The molecule has 2 rings (SSSR count). The molecule has 0 spiro atoms. The largest absolute Gasteiger partial charge is 0.462 e. The van der Waals surface area contributed by atoms with Gasteiger partial charge < -0.3 is 14.9 Å². The Morgan fingerprint density at radius 1 is 1.07 bits per heavy atom. The topological polar surface area (TPSA) is 49.7 Å². The van der Waals surface area contributed by atoms with Gasteiger partial charge in [-0.25, -0.2) is 0 Å². The fraction of sp³-hybridized carbons (Fsp3) is 0.167. The van der Waals surface area contributed by atoms with Crippen molar-refractivity contribution in [1.82, 2.24) is 0 Å². The maximum absolute atomic E-state index is 9.20. The molecule has 0 saturated heterocycles. The Hall–Kier alpha value is -1.58. The third kappa shape index (κ3) is 2.09. The van der Waals surface area contributed by atoms with E-state index in [1.54, 1.807) is 6.07 Å². The van der Waals surface area contributed by atoms with Crippen molar-refractivity contribution >= 4 is 10.8 Å². The van der Waals surface area contributed by atoms with Gasteiger partial charge in [-0.2, -0.15) is 0 Å². The molecule has 0 aliphatic rings. The van der Waals surface area contributed by atoms with Crippen LogP contribution in [0.3, 0.4) is 0 Å².